The summed E-state index contributed by atoms with van der Waals surface area (Å²) in [5.74, 6) is 0.837. The molecule has 8 rings (SSSR count). The summed E-state index contributed by atoms with van der Waals surface area (Å²) in [6.45, 7) is 0. The Balaban J connectivity index is 1.51. The molecule has 2 heterocycles. The molecule has 6 aromatic rings. The molecular formula is C34H21N3. The fourth-order valence-corrected chi connectivity index (χ4v) is 5.96. The van der Waals surface area contributed by atoms with Crippen molar-refractivity contribution in [1.29, 1.82) is 0 Å². The number of hydrogen-bond acceptors (Lipinski definition) is 3. The summed E-state index contributed by atoms with van der Waals surface area (Å²) in [5.41, 5.74) is 11.2. The highest BCUT2D eigenvalue weighted by molar-refractivity contribution is 6.12. The molecule has 1 aromatic heterocycles. The molecule has 0 fully saturated rings. The Bertz CT molecular complexity index is 1880. The molecule has 0 spiro atoms. The van der Waals surface area contributed by atoms with Gasteiger partial charge in [-0.2, -0.15) is 0 Å². The number of benzene rings is 4. The first kappa shape index (κ1) is 20.3. The highest BCUT2D eigenvalue weighted by Crippen LogP contribution is 2.51. The molecule has 0 unspecified atom stereocenters. The molecule has 0 saturated carbocycles. The fourth-order valence-electron chi connectivity index (χ4n) is 5.96. The monoisotopic (exact) mass is 471 g/mol. The zero-order valence-electron chi connectivity index (χ0n) is 20.1. The van der Waals surface area contributed by atoms with E-state index in [1.807, 2.05) is 42.5 Å². The molecular weight excluding hydrogens is 450 g/mol. The number of aromatic nitrogens is 2. The Morgan fingerprint density at radius 1 is 0.676 bits per heavy atom. The van der Waals surface area contributed by atoms with Crippen molar-refractivity contribution >= 4 is 38.9 Å². The van der Waals surface area contributed by atoms with E-state index in [1.54, 1.807) is 0 Å². The molecule has 0 bridgehead atoms. The van der Waals surface area contributed by atoms with E-state index in [0.29, 0.717) is 0 Å². The smallest absolute Gasteiger partial charge is 0.165 e. The SMILES string of the molecule is c1cccc(-c2nc3ccccc3nc2N2C3=C(c4ccccc4CC3)c3cccc4cccc2c34)c#1. The maximum absolute atomic E-state index is 5.28. The summed E-state index contributed by atoms with van der Waals surface area (Å²) >= 11 is 0. The number of para-hydroxylation sites is 2. The van der Waals surface area contributed by atoms with Gasteiger partial charge in [0.2, 0.25) is 0 Å². The Morgan fingerprint density at radius 2 is 1.46 bits per heavy atom. The first-order chi connectivity index (χ1) is 18.4. The molecule has 1 aliphatic heterocycles. The van der Waals surface area contributed by atoms with Crippen molar-refractivity contribution in [2.75, 3.05) is 4.90 Å². The summed E-state index contributed by atoms with van der Waals surface area (Å²) in [4.78, 5) is 12.8. The normalized spacial score (nSPS) is 13.9. The zero-order chi connectivity index (χ0) is 24.3. The first-order valence-electron chi connectivity index (χ1n) is 12.7. The third-order valence-electron chi connectivity index (χ3n) is 7.54. The maximum Gasteiger partial charge on any atom is 0.165 e. The van der Waals surface area contributed by atoms with E-state index in [4.69, 9.17) is 9.97 Å². The van der Waals surface area contributed by atoms with Crippen LogP contribution >= 0.6 is 0 Å². The number of fused-ring (bicyclic) bond motifs is 4. The number of anilines is 2. The van der Waals surface area contributed by atoms with Gasteiger partial charge in [-0.3, -0.25) is 4.90 Å². The molecule has 3 nitrogen and oxygen atoms in total. The van der Waals surface area contributed by atoms with Crippen LogP contribution in [0, 0.1) is 12.1 Å². The van der Waals surface area contributed by atoms with Gasteiger partial charge in [0, 0.05) is 16.7 Å². The number of allylic oxidation sites excluding steroid dienone is 1. The third kappa shape index (κ3) is 2.96. The lowest BCUT2D eigenvalue weighted by Crippen LogP contribution is -2.26. The van der Waals surface area contributed by atoms with E-state index in [1.165, 1.54) is 38.7 Å². The van der Waals surface area contributed by atoms with Crippen molar-refractivity contribution in [3.63, 3.8) is 0 Å². The molecule has 37 heavy (non-hydrogen) atoms. The summed E-state index contributed by atoms with van der Waals surface area (Å²) in [7, 11) is 0. The minimum Gasteiger partial charge on any atom is -0.296 e. The predicted molar refractivity (Wildman–Crippen MR) is 150 cm³/mol. The highest BCUT2D eigenvalue weighted by Gasteiger charge is 2.34. The van der Waals surface area contributed by atoms with Gasteiger partial charge in [-0.25, -0.2) is 9.97 Å². The second-order valence-electron chi connectivity index (χ2n) is 9.59. The molecule has 0 saturated heterocycles. The van der Waals surface area contributed by atoms with Gasteiger partial charge in [0.15, 0.2) is 5.82 Å². The van der Waals surface area contributed by atoms with Crippen LogP contribution in [0.15, 0.2) is 109 Å². The van der Waals surface area contributed by atoms with Crippen molar-refractivity contribution in [3.05, 3.63) is 138 Å². The number of hydrogen-bond donors (Lipinski definition) is 0. The third-order valence-corrected chi connectivity index (χ3v) is 7.54. The van der Waals surface area contributed by atoms with Crippen LogP contribution in [0.2, 0.25) is 0 Å². The van der Waals surface area contributed by atoms with Gasteiger partial charge in [0.05, 0.1) is 22.3 Å². The van der Waals surface area contributed by atoms with Crippen LogP contribution in [0.3, 0.4) is 0 Å². The van der Waals surface area contributed by atoms with E-state index in [9.17, 15) is 0 Å². The van der Waals surface area contributed by atoms with E-state index >= 15 is 0 Å². The quantitative estimate of drug-likeness (QED) is 0.257. The first-order valence-corrected chi connectivity index (χ1v) is 12.7. The molecule has 172 valence electrons. The number of aryl methyl sites for hydroxylation is 1. The van der Waals surface area contributed by atoms with Crippen molar-refractivity contribution in [3.8, 4) is 11.3 Å². The maximum atomic E-state index is 5.28. The molecule has 3 heteroatoms. The van der Waals surface area contributed by atoms with Crippen molar-refractivity contribution in [1.82, 2.24) is 9.97 Å². The largest absolute Gasteiger partial charge is 0.296 e. The van der Waals surface area contributed by atoms with Gasteiger partial charge >= 0.3 is 0 Å². The van der Waals surface area contributed by atoms with Crippen molar-refractivity contribution < 1.29 is 0 Å². The second kappa shape index (κ2) is 7.78. The van der Waals surface area contributed by atoms with Crippen LogP contribution in [-0.2, 0) is 6.42 Å². The predicted octanol–water partition coefficient (Wildman–Crippen LogP) is 7.91. The van der Waals surface area contributed by atoms with E-state index in [2.05, 4.69) is 77.7 Å². The van der Waals surface area contributed by atoms with Crippen LogP contribution in [0.5, 0.6) is 0 Å². The van der Waals surface area contributed by atoms with Gasteiger partial charge < -0.3 is 0 Å². The minimum atomic E-state index is 0.817. The Kier molecular flexibility index (Phi) is 4.26. The van der Waals surface area contributed by atoms with Gasteiger partial charge in [0.25, 0.3) is 0 Å². The highest BCUT2D eigenvalue weighted by atomic mass is 15.2. The lowest BCUT2D eigenvalue weighted by molar-refractivity contribution is 0.877. The van der Waals surface area contributed by atoms with Gasteiger partial charge in [-0.1, -0.05) is 84.9 Å². The van der Waals surface area contributed by atoms with E-state index in [0.717, 1.165) is 46.6 Å². The van der Waals surface area contributed by atoms with Gasteiger partial charge in [-0.05, 0) is 65.3 Å². The Labute approximate surface area is 215 Å². The molecule has 0 radical (unpaired) electrons. The number of nitrogens with zero attached hydrogens (tertiary/aromatic N) is 3. The Hall–Kier alpha value is -4.94. The topological polar surface area (TPSA) is 29.0 Å². The Morgan fingerprint density at radius 3 is 2.32 bits per heavy atom. The molecule has 0 amide bonds. The zero-order valence-corrected chi connectivity index (χ0v) is 20.1. The molecule has 0 atom stereocenters. The van der Waals surface area contributed by atoms with E-state index < -0.39 is 0 Å². The average molecular weight is 472 g/mol. The standard InChI is InChI=1S/C34H21N3/c1-2-11-24(12-3-1)33-34(36-28-18-7-6-17-27(28)35-33)37-29-19-9-14-23-13-8-16-26(31(23)29)32-25-15-5-4-10-22(25)20-21-30(32)37/h1-2,4-11,13-19H,20-21H2. The van der Waals surface area contributed by atoms with Crippen molar-refractivity contribution in [2.24, 2.45) is 0 Å². The average Bonchev–Trinajstić information content (AvgIpc) is 2.97. The van der Waals surface area contributed by atoms with E-state index in [-0.39, 0.29) is 0 Å². The molecule has 1 aliphatic carbocycles. The molecule has 2 aliphatic rings. The summed E-state index contributed by atoms with van der Waals surface area (Å²) in [6, 6.07) is 42.5. The molecule has 5 aromatic carbocycles. The van der Waals surface area contributed by atoms with Crippen LogP contribution in [0.4, 0.5) is 11.5 Å². The fraction of sp³-hybridized carbons (Fsp3) is 0.0588. The number of rotatable bonds is 2. The van der Waals surface area contributed by atoms with Gasteiger partial charge in [0.1, 0.15) is 5.69 Å². The lowest BCUT2D eigenvalue weighted by atomic mass is 9.80. The van der Waals surface area contributed by atoms with Gasteiger partial charge in [-0.15, -0.1) is 0 Å². The second-order valence-corrected chi connectivity index (χ2v) is 9.59. The van der Waals surface area contributed by atoms with Crippen LogP contribution in [0.1, 0.15) is 23.1 Å². The van der Waals surface area contributed by atoms with Crippen LogP contribution in [0.25, 0.3) is 38.6 Å². The summed E-state index contributed by atoms with van der Waals surface area (Å²) < 4.78 is 0. The summed E-state index contributed by atoms with van der Waals surface area (Å²) in [5, 5.41) is 2.48. The van der Waals surface area contributed by atoms with Crippen LogP contribution < -0.4 is 4.90 Å². The minimum absolute atomic E-state index is 0.817. The molecule has 0 N–H and O–H groups in total. The lowest BCUT2D eigenvalue weighted by Gasteiger charge is -2.38. The summed E-state index contributed by atoms with van der Waals surface area (Å²) in [6.07, 6.45) is 1.92. The van der Waals surface area contributed by atoms with Crippen molar-refractivity contribution in [2.45, 2.75) is 12.8 Å². The van der Waals surface area contributed by atoms with Crippen LogP contribution in [-0.4, -0.2) is 9.97 Å².